The Bertz CT molecular complexity index is 601. The molecule has 0 aliphatic rings. The molecule has 2 rings (SSSR count). The number of nitrogens with two attached hydrogens (primary N) is 1. The van der Waals surface area contributed by atoms with Crippen LogP contribution in [-0.4, -0.2) is 6.10 Å². The zero-order chi connectivity index (χ0) is 15.4. The average Bonchev–Trinajstić information content (AvgIpc) is 2.38. The normalized spacial score (nSPS) is 13.8. The molecule has 0 aromatic heterocycles. The van der Waals surface area contributed by atoms with Crippen molar-refractivity contribution in [2.24, 2.45) is 5.84 Å². The van der Waals surface area contributed by atoms with E-state index in [1.54, 1.807) is 12.1 Å². The molecule has 2 aromatic carbocycles. The first-order chi connectivity index (χ1) is 9.99. The highest BCUT2D eigenvalue weighted by Crippen LogP contribution is 2.24. The smallest absolute Gasteiger partial charge is 0.123 e. The monoisotopic (exact) mass is 308 g/mol. The summed E-state index contributed by atoms with van der Waals surface area (Å²) in [6, 6.07) is 11.6. The van der Waals surface area contributed by atoms with Gasteiger partial charge in [-0.1, -0.05) is 23.7 Å². The minimum absolute atomic E-state index is 0.291. The molecule has 0 aliphatic carbocycles. The van der Waals surface area contributed by atoms with Gasteiger partial charge in [0.15, 0.2) is 0 Å². The summed E-state index contributed by atoms with van der Waals surface area (Å²) in [5, 5.41) is 0.596. The average molecular weight is 309 g/mol. The summed E-state index contributed by atoms with van der Waals surface area (Å²) in [7, 11) is 0. The van der Waals surface area contributed by atoms with Crippen LogP contribution >= 0.6 is 11.6 Å². The lowest BCUT2D eigenvalue weighted by molar-refractivity contribution is 0.171. The van der Waals surface area contributed by atoms with Crippen LogP contribution in [0.25, 0.3) is 0 Å². The van der Waals surface area contributed by atoms with Crippen LogP contribution in [0.1, 0.15) is 24.1 Å². The lowest BCUT2D eigenvalue weighted by Gasteiger charge is -2.25. The van der Waals surface area contributed by atoms with Gasteiger partial charge in [-0.25, -0.2) is 9.82 Å². The molecule has 0 bridgehead atoms. The molecular formula is C16H18ClFN2O. The molecule has 0 spiro atoms. The third-order valence-corrected chi connectivity index (χ3v) is 3.43. The van der Waals surface area contributed by atoms with E-state index in [2.05, 4.69) is 5.43 Å². The minimum atomic E-state index is -0.335. The minimum Gasteiger partial charge on any atom is -0.489 e. The molecule has 0 saturated heterocycles. The van der Waals surface area contributed by atoms with Crippen LogP contribution in [0.2, 0.25) is 5.02 Å². The van der Waals surface area contributed by atoms with E-state index in [9.17, 15) is 4.39 Å². The van der Waals surface area contributed by atoms with E-state index in [1.165, 1.54) is 12.1 Å². The standard InChI is InChI=1S/C16H18ClFN2O/c1-10-6-12(8-14(18)7-10)16(20-19)11(2)21-15-5-3-4-13(17)9-15/h3-9,11,16,20H,19H2,1-2H3. The first-order valence-corrected chi connectivity index (χ1v) is 7.03. The second-order valence-corrected chi connectivity index (χ2v) is 5.42. The van der Waals surface area contributed by atoms with Gasteiger partial charge in [0.2, 0.25) is 0 Å². The van der Waals surface area contributed by atoms with Crippen LogP contribution in [0.3, 0.4) is 0 Å². The number of hydrazine groups is 1. The molecular weight excluding hydrogens is 291 g/mol. The quantitative estimate of drug-likeness (QED) is 0.653. The van der Waals surface area contributed by atoms with Crippen molar-refractivity contribution in [2.45, 2.75) is 26.0 Å². The molecule has 5 heteroatoms. The Morgan fingerprint density at radius 3 is 2.62 bits per heavy atom. The van der Waals surface area contributed by atoms with Crippen LogP contribution < -0.4 is 16.0 Å². The summed E-state index contributed by atoms with van der Waals surface area (Å²) in [4.78, 5) is 0. The Morgan fingerprint density at radius 1 is 1.24 bits per heavy atom. The number of ether oxygens (including phenoxy) is 1. The van der Waals surface area contributed by atoms with Crippen molar-refractivity contribution in [3.63, 3.8) is 0 Å². The van der Waals surface area contributed by atoms with Gasteiger partial charge in [0.05, 0.1) is 6.04 Å². The van der Waals surface area contributed by atoms with Gasteiger partial charge in [0, 0.05) is 5.02 Å². The van der Waals surface area contributed by atoms with Gasteiger partial charge >= 0.3 is 0 Å². The largest absolute Gasteiger partial charge is 0.489 e. The van der Waals surface area contributed by atoms with Crippen molar-refractivity contribution < 1.29 is 9.13 Å². The summed E-state index contributed by atoms with van der Waals surface area (Å²) in [5.74, 6) is 5.96. The zero-order valence-electron chi connectivity index (χ0n) is 11.9. The van der Waals surface area contributed by atoms with E-state index in [0.717, 1.165) is 11.1 Å². The van der Waals surface area contributed by atoms with Crippen LogP contribution in [0.15, 0.2) is 42.5 Å². The number of hydrogen-bond acceptors (Lipinski definition) is 3. The topological polar surface area (TPSA) is 47.3 Å². The highest BCUT2D eigenvalue weighted by molar-refractivity contribution is 6.30. The van der Waals surface area contributed by atoms with Crippen molar-refractivity contribution >= 4 is 11.6 Å². The summed E-state index contributed by atoms with van der Waals surface area (Å²) in [6.07, 6.45) is -0.297. The summed E-state index contributed by atoms with van der Waals surface area (Å²) < 4.78 is 19.4. The summed E-state index contributed by atoms with van der Waals surface area (Å²) in [5.41, 5.74) is 4.26. The number of halogens is 2. The Balaban J connectivity index is 2.20. The molecule has 2 aromatic rings. The molecule has 112 valence electrons. The predicted molar refractivity (Wildman–Crippen MR) is 82.7 cm³/mol. The zero-order valence-corrected chi connectivity index (χ0v) is 12.7. The van der Waals surface area contributed by atoms with Crippen molar-refractivity contribution in [1.82, 2.24) is 5.43 Å². The maximum absolute atomic E-state index is 13.5. The van der Waals surface area contributed by atoms with E-state index >= 15 is 0 Å². The maximum atomic E-state index is 13.5. The maximum Gasteiger partial charge on any atom is 0.123 e. The first kappa shape index (κ1) is 15.8. The lowest BCUT2D eigenvalue weighted by Crippen LogP contribution is -2.38. The fourth-order valence-corrected chi connectivity index (χ4v) is 2.45. The van der Waals surface area contributed by atoms with Crippen molar-refractivity contribution in [2.75, 3.05) is 0 Å². The fourth-order valence-electron chi connectivity index (χ4n) is 2.27. The fraction of sp³-hybridized carbons (Fsp3) is 0.250. The molecule has 21 heavy (non-hydrogen) atoms. The first-order valence-electron chi connectivity index (χ1n) is 6.65. The Hall–Kier alpha value is -1.62. The van der Waals surface area contributed by atoms with E-state index in [0.29, 0.717) is 10.8 Å². The molecule has 2 atom stereocenters. The van der Waals surface area contributed by atoms with Crippen LogP contribution in [-0.2, 0) is 0 Å². The molecule has 0 heterocycles. The number of rotatable bonds is 5. The van der Waals surface area contributed by atoms with Gasteiger partial charge in [0.1, 0.15) is 17.7 Å². The molecule has 0 fully saturated rings. The molecule has 2 unspecified atom stereocenters. The molecule has 0 aliphatic heterocycles. The SMILES string of the molecule is Cc1cc(F)cc(C(NN)C(C)Oc2cccc(Cl)c2)c1. The van der Waals surface area contributed by atoms with Gasteiger partial charge in [-0.2, -0.15) is 0 Å². The molecule has 0 saturated carbocycles. The van der Waals surface area contributed by atoms with Gasteiger partial charge in [-0.05, 0) is 55.3 Å². The Morgan fingerprint density at radius 2 is 2.00 bits per heavy atom. The van der Waals surface area contributed by atoms with E-state index in [1.807, 2.05) is 32.0 Å². The van der Waals surface area contributed by atoms with E-state index < -0.39 is 0 Å². The van der Waals surface area contributed by atoms with Crippen molar-refractivity contribution in [3.8, 4) is 5.75 Å². The summed E-state index contributed by atoms with van der Waals surface area (Å²) in [6.45, 7) is 3.70. The van der Waals surface area contributed by atoms with Gasteiger partial charge in [0.25, 0.3) is 0 Å². The second kappa shape index (κ2) is 6.89. The number of nitrogens with one attached hydrogen (secondary N) is 1. The van der Waals surface area contributed by atoms with E-state index in [-0.39, 0.29) is 18.0 Å². The molecule has 3 N–H and O–H groups in total. The number of hydrogen-bond donors (Lipinski definition) is 2. The third-order valence-electron chi connectivity index (χ3n) is 3.19. The van der Waals surface area contributed by atoms with E-state index in [4.69, 9.17) is 22.2 Å². The van der Waals surface area contributed by atoms with Gasteiger partial charge < -0.3 is 4.74 Å². The Kier molecular flexibility index (Phi) is 5.17. The molecule has 0 radical (unpaired) electrons. The highest BCUT2D eigenvalue weighted by atomic mass is 35.5. The molecule has 3 nitrogen and oxygen atoms in total. The second-order valence-electron chi connectivity index (χ2n) is 4.99. The highest BCUT2D eigenvalue weighted by Gasteiger charge is 2.20. The van der Waals surface area contributed by atoms with Crippen LogP contribution in [0.4, 0.5) is 4.39 Å². The number of aryl methyl sites for hydroxylation is 1. The summed E-state index contributed by atoms with van der Waals surface area (Å²) >= 11 is 5.93. The van der Waals surface area contributed by atoms with Crippen molar-refractivity contribution in [3.05, 3.63) is 64.4 Å². The van der Waals surface area contributed by atoms with Gasteiger partial charge in [-0.3, -0.25) is 5.84 Å². The molecule has 0 amide bonds. The third kappa shape index (κ3) is 4.17. The number of benzene rings is 2. The van der Waals surface area contributed by atoms with Crippen molar-refractivity contribution in [1.29, 1.82) is 0 Å². The van der Waals surface area contributed by atoms with Crippen LogP contribution in [0.5, 0.6) is 5.75 Å². The van der Waals surface area contributed by atoms with Gasteiger partial charge in [-0.15, -0.1) is 0 Å². The lowest BCUT2D eigenvalue weighted by atomic mass is 10.0. The van der Waals surface area contributed by atoms with Crippen LogP contribution in [0, 0.1) is 12.7 Å². The Labute approximate surface area is 128 Å². The predicted octanol–water partition coefficient (Wildman–Crippen LogP) is 3.76.